The summed E-state index contributed by atoms with van der Waals surface area (Å²) in [7, 11) is 1.56. The molecule has 0 spiro atoms. The molecule has 3 nitrogen and oxygen atoms in total. The summed E-state index contributed by atoms with van der Waals surface area (Å²) in [5, 5.41) is 0. The second-order valence-electron chi connectivity index (χ2n) is 4.16. The highest BCUT2D eigenvalue weighted by Gasteiger charge is 2.19. The molecule has 1 aromatic rings. The maximum absolute atomic E-state index is 13.1. The van der Waals surface area contributed by atoms with Crippen LogP contribution in [-0.4, -0.2) is 26.2 Å². The monoisotopic (exact) mass is 224 g/mol. The third-order valence-electron chi connectivity index (χ3n) is 2.94. The number of methoxy groups -OCH3 is 1. The average molecular weight is 224 g/mol. The first kappa shape index (κ1) is 11.2. The quantitative estimate of drug-likeness (QED) is 0.832. The minimum Gasteiger partial charge on any atom is -0.494 e. The van der Waals surface area contributed by atoms with Crippen LogP contribution in [0.5, 0.6) is 5.75 Å². The second-order valence-corrected chi connectivity index (χ2v) is 4.16. The molecule has 1 unspecified atom stereocenters. The third-order valence-corrected chi connectivity index (χ3v) is 2.94. The fourth-order valence-corrected chi connectivity index (χ4v) is 2.14. The Hall–Kier alpha value is -1.29. The van der Waals surface area contributed by atoms with Crippen LogP contribution in [0.25, 0.3) is 0 Å². The van der Waals surface area contributed by atoms with Gasteiger partial charge in [-0.25, -0.2) is 4.39 Å². The van der Waals surface area contributed by atoms with E-state index in [4.69, 9.17) is 10.5 Å². The molecule has 0 radical (unpaired) electrons. The van der Waals surface area contributed by atoms with Gasteiger partial charge in [-0.2, -0.15) is 0 Å². The Kier molecular flexibility index (Phi) is 3.29. The van der Waals surface area contributed by atoms with Gasteiger partial charge in [0.05, 0.1) is 12.8 Å². The lowest BCUT2D eigenvalue weighted by Crippen LogP contribution is -2.42. The fraction of sp³-hybridized carbons (Fsp3) is 0.500. The number of halogens is 1. The molecule has 1 aliphatic rings. The molecule has 1 heterocycles. The lowest BCUT2D eigenvalue weighted by atomic mass is 10.1. The van der Waals surface area contributed by atoms with Crippen LogP contribution in [0.15, 0.2) is 18.2 Å². The molecular weight excluding hydrogens is 207 g/mol. The second kappa shape index (κ2) is 4.70. The Bertz CT molecular complexity index is 370. The van der Waals surface area contributed by atoms with E-state index in [1.54, 1.807) is 13.2 Å². The molecule has 1 saturated heterocycles. The van der Waals surface area contributed by atoms with Gasteiger partial charge >= 0.3 is 0 Å². The van der Waals surface area contributed by atoms with Crippen molar-refractivity contribution in [3.8, 4) is 5.75 Å². The van der Waals surface area contributed by atoms with Crippen molar-refractivity contribution >= 4 is 5.69 Å². The molecule has 0 saturated carbocycles. The molecule has 1 aliphatic heterocycles. The zero-order valence-corrected chi connectivity index (χ0v) is 9.45. The predicted molar refractivity (Wildman–Crippen MR) is 62.4 cm³/mol. The summed E-state index contributed by atoms with van der Waals surface area (Å²) < 4.78 is 18.2. The molecule has 0 aromatic heterocycles. The van der Waals surface area contributed by atoms with Crippen molar-refractivity contribution in [3.63, 3.8) is 0 Å². The summed E-state index contributed by atoms with van der Waals surface area (Å²) in [6.07, 6.45) is 2.13. The van der Waals surface area contributed by atoms with Gasteiger partial charge in [-0.1, -0.05) is 0 Å². The van der Waals surface area contributed by atoms with Gasteiger partial charge in [-0.3, -0.25) is 0 Å². The molecule has 1 fully saturated rings. The molecule has 2 N–H and O–H groups in total. The zero-order chi connectivity index (χ0) is 11.5. The molecule has 0 bridgehead atoms. The van der Waals surface area contributed by atoms with Crippen LogP contribution in [0.1, 0.15) is 12.8 Å². The third kappa shape index (κ3) is 2.27. The number of nitrogens with zero attached hydrogens (tertiary/aromatic N) is 1. The summed E-state index contributed by atoms with van der Waals surface area (Å²) in [5.41, 5.74) is 6.86. The number of benzene rings is 1. The van der Waals surface area contributed by atoms with E-state index in [-0.39, 0.29) is 11.9 Å². The Morgan fingerprint density at radius 1 is 1.50 bits per heavy atom. The number of hydrogen-bond acceptors (Lipinski definition) is 3. The Morgan fingerprint density at radius 3 is 3.00 bits per heavy atom. The molecule has 0 amide bonds. The minimum absolute atomic E-state index is 0.198. The van der Waals surface area contributed by atoms with Crippen LogP contribution in [-0.2, 0) is 0 Å². The maximum Gasteiger partial charge on any atom is 0.145 e. The highest BCUT2D eigenvalue weighted by Crippen LogP contribution is 2.30. The van der Waals surface area contributed by atoms with Gasteiger partial charge in [-0.05, 0) is 25.0 Å². The topological polar surface area (TPSA) is 38.5 Å². The standard InChI is InChI=1S/C12H17FN2O/c1-16-12-7-9(13)4-5-11(12)15-6-2-3-10(14)8-15/h4-5,7,10H,2-3,6,8,14H2,1H3. The van der Waals surface area contributed by atoms with Gasteiger partial charge in [0.15, 0.2) is 0 Å². The molecular formula is C12H17FN2O. The van der Waals surface area contributed by atoms with E-state index in [9.17, 15) is 4.39 Å². The van der Waals surface area contributed by atoms with E-state index in [1.165, 1.54) is 12.1 Å². The van der Waals surface area contributed by atoms with Crippen molar-refractivity contribution in [2.24, 2.45) is 5.73 Å². The lowest BCUT2D eigenvalue weighted by molar-refractivity contribution is 0.407. The van der Waals surface area contributed by atoms with Crippen LogP contribution >= 0.6 is 0 Å². The van der Waals surface area contributed by atoms with Crippen molar-refractivity contribution in [2.75, 3.05) is 25.1 Å². The van der Waals surface area contributed by atoms with Crippen molar-refractivity contribution < 1.29 is 9.13 Å². The van der Waals surface area contributed by atoms with E-state index < -0.39 is 0 Å². The summed E-state index contributed by atoms with van der Waals surface area (Å²) in [4.78, 5) is 2.16. The summed E-state index contributed by atoms with van der Waals surface area (Å²) >= 11 is 0. The lowest BCUT2D eigenvalue weighted by Gasteiger charge is -2.33. The van der Waals surface area contributed by atoms with Gasteiger partial charge in [0, 0.05) is 25.2 Å². The van der Waals surface area contributed by atoms with Gasteiger partial charge in [0.2, 0.25) is 0 Å². The Balaban J connectivity index is 2.24. The highest BCUT2D eigenvalue weighted by atomic mass is 19.1. The van der Waals surface area contributed by atoms with E-state index in [0.717, 1.165) is 31.6 Å². The Morgan fingerprint density at radius 2 is 2.31 bits per heavy atom. The van der Waals surface area contributed by atoms with Crippen LogP contribution in [0, 0.1) is 5.82 Å². The smallest absolute Gasteiger partial charge is 0.145 e. The normalized spacial score (nSPS) is 20.9. The van der Waals surface area contributed by atoms with E-state index in [1.807, 2.05) is 0 Å². The minimum atomic E-state index is -0.276. The number of piperidine rings is 1. The van der Waals surface area contributed by atoms with Crippen molar-refractivity contribution in [1.82, 2.24) is 0 Å². The van der Waals surface area contributed by atoms with Crippen molar-refractivity contribution in [1.29, 1.82) is 0 Å². The van der Waals surface area contributed by atoms with E-state index in [2.05, 4.69) is 4.90 Å². The summed E-state index contributed by atoms with van der Waals surface area (Å²) in [5.74, 6) is 0.302. The van der Waals surface area contributed by atoms with Crippen molar-refractivity contribution in [3.05, 3.63) is 24.0 Å². The number of nitrogens with two attached hydrogens (primary N) is 1. The molecule has 2 rings (SSSR count). The summed E-state index contributed by atoms with van der Waals surface area (Å²) in [6.45, 7) is 1.76. The molecule has 1 atom stereocenters. The van der Waals surface area contributed by atoms with Gasteiger partial charge < -0.3 is 15.4 Å². The SMILES string of the molecule is COc1cc(F)ccc1N1CCCC(N)C1. The van der Waals surface area contributed by atoms with Gasteiger partial charge in [0.25, 0.3) is 0 Å². The number of ether oxygens (including phenoxy) is 1. The largest absolute Gasteiger partial charge is 0.494 e. The van der Waals surface area contributed by atoms with Crippen molar-refractivity contribution in [2.45, 2.75) is 18.9 Å². The first-order valence-corrected chi connectivity index (χ1v) is 5.55. The molecule has 16 heavy (non-hydrogen) atoms. The molecule has 88 valence electrons. The number of hydrogen-bond donors (Lipinski definition) is 1. The van der Waals surface area contributed by atoms with Crippen LogP contribution in [0.2, 0.25) is 0 Å². The average Bonchev–Trinajstić information content (AvgIpc) is 2.28. The zero-order valence-electron chi connectivity index (χ0n) is 9.45. The highest BCUT2D eigenvalue weighted by molar-refractivity contribution is 5.59. The predicted octanol–water partition coefficient (Wildman–Crippen LogP) is 1.76. The number of rotatable bonds is 2. The van der Waals surface area contributed by atoms with Crippen LogP contribution < -0.4 is 15.4 Å². The fourth-order valence-electron chi connectivity index (χ4n) is 2.14. The first-order chi connectivity index (χ1) is 7.70. The maximum atomic E-state index is 13.1. The van der Waals surface area contributed by atoms with Crippen LogP contribution in [0.4, 0.5) is 10.1 Å². The van der Waals surface area contributed by atoms with E-state index >= 15 is 0 Å². The molecule has 4 heteroatoms. The molecule has 1 aromatic carbocycles. The number of anilines is 1. The van der Waals surface area contributed by atoms with Gasteiger partial charge in [0.1, 0.15) is 11.6 Å². The summed E-state index contributed by atoms with van der Waals surface area (Å²) in [6, 6.07) is 4.82. The van der Waals surface area contributed by atoms with Crippen LogP contribution in [0.3, 0.4) is 0 Å². The van der Waals surface area contributed by atoms with Gasteiger partial charge in [-0.15, -0.1) is 0 Å². The van der Waals surface area contributed by atoms with E-state index in [0.29, 0.717) is 5.75 Å². The first-order valence-electron chi connectivity index (χ1n) is 5.55. The Labute approximate surface area is 95.0 Å². The molecule has 0 aliphatic carbocycles.